The standard InChI is InChI=1S/C35H38N2O5S2/c1-40-26-16-25(17-27(19-26)41-2)30-18-24(10-6-7-11-29(38)33(36)22-8-4-3-5-9-22)31(42-30)20-32-34(39)37(35(43)44-32)28-15-21-12-13-23(28)14-21/h3-5,8-9,16-21,23,28,33H,6-7,10-15,36H2,1-2H3/b32-20-/t21?,23?,28?,33-/m0/s1. The summed E-state index contributed by atoms with van der Waals surface area (Å²) in [5.74, 6) is 3.84. The van der Waals surface area contributed by atoms with Gasteiger partial charge in [-0.2, -0.15) is 0 Å². The van der Waals surface area contributed by atoms with Crippen LogP contribution in [0.15, 0.2) is 63.9 Å². The van der Waals surface area contributed by atoms with Crippen LogP contribution in [0.4, 0.5) is 0 Å². The molecule has 2 N–H and O–H groups in total. The summed E-state index contributed by atoms with van der Waals surface area (Å²) in [6.45, 7) is 0. The zero-order chi connectivity index (χ0) is 30.8. The van der Waals surface area contributed by atoms with E-state index >= 15 is 0 Å². The number of amides is 1. The van der Waals surface area contributed by atoms with E-state index in [2.05, 4.69) is 0 Å². The van der Waals surface area contributed by atoms with Crippen LogP contribution in [0.5, 0.6) is 11.5 Å². The molecule has 1 amide bonds. The first-order valence-electron chi connectivity index (χ1n) is 15.3. The van der Waals surface area contributed by atoms with Gasteiger partial charge in [0.25, 0.3) is 5.91 Å². The number of carbonyl (C=O) groups excluding carboxylic acids is 2. The van der Waals surface area contributed by atoms with Gasteiger partial charge in [-0.15, -0.1) is 0 Å². The molecule has 9 heteroatoms. The first-order chi connectivity index (χ1) is 21.3. The lowest BCUT2D eigenvalue weighted by atomic mass is 9.94. The zero-order valence-electron chi connectivity index (χ0n) is 25.1. The molecule has 230 valence electrons. The highest BCUT2D eigenvalue weighted by Gasteiger charge is 2.48. The molecular formula is C35H38N2O5S2. The third-order valence-corrected chi connectivity index (χ3v) is 10.6. The number of nitrogens with zero attached hydrogens (tertiary/aromatic N) is 1. The Hall–Kier alpha value is -3.40. The molecule has 2 heterocycles. The van der Waals surface area contributed by atoms with Gasteiger partial charge in [0.1, 0.15) is 27.3 Å². The molecule has 3 aromatic rings. The van der Waals surface area contributed by atoms with E-state index in [0.29, 0.717) is 63.3 Å². The maximum atomic E-state index is 13.7. The molecule has 2 saturated carbocycles. The summed E-state index contributed by atoms with van der Waals surface area (Å²) >= 11 is 7.09. The Balaban J connectivity index is 1.22. The van der Waals surface area contributed by atoms with Crippen LogP contribution in [-0.2, 0) is 16.0 Å². The average Bonchev–Trinajstić information content (AvgIpc) is 3.83. The molecule has 0 spiro atoms. The fourth-order valence-electron chi connectivity index (χ4n) is 6.88. The first-order valence-corrected chi connectivity index (χ1v) is 16.5. The number of thiocarbonyl (C=S) groups is 1. The van der Waals surface area contributed by atoms with Gasteiger partial charge in [-0.1, -0.05) is 60.7 Å². The molecule has 6 rings (SSSR count). The number of furan rings is 1. The molecule has 0 radical (unpaired) electrons. The molecule has 44 heavy (non-hydrogen) atoms. The van der Waals surface area contributed by atoms with E-state index in [1.165, 1.54) is 31.0 Å². The Morgan fingerprint density at radius 1 is 1.09 bits per heavy atom. The number of ether oxygens (including phenoxy) is 2. The Morgan fingerprint density at radius 2 is 1.84 bits per heavy atom. The van der Waals surface area contributed by atoms with Gasteiger partial charge >= 0.3 is 0 Å². The normalized spacial score (nSPS) is 22.7. The average molecular weight is 631 g/mol. The number of thioether (sulfide) groups is 1. The van der Waals surface area contributed by atoms with Crippen LogP contribution < -0.4 is 15.2 Å². The summed E-state index contributed by atoms with van der Waals surface area (Å²) in [4.78, 5) is 28.9. The van der Waals surface area contributed by atoms with Crippen molar-refractivity contribution in [3.8, 4) is 22.8 Å². The number of methoxy groups -OCH3 is 2. The number of Topliss-reactive ketones (excluding diaryl/α,β-unsaturated/α-hetero) is 1. The molecule has 3 fully saturated rings. The van der Waals surface area contributed by atoms with Crippen LogP contribution in [0.1, 0.15) is 67.9 Å². The van der Waals surface area contributed by atoms with Crippen molar-refractivity contribution >= 4 is 46.1 Å². The largest absolute Gasteiger partial charge is 0.497 e. The van der Waals surface area contributed by atoms with E-state index in [4.69, 9.17) is 31.8 Å². The first kappa shape index (κ1) is 30.6. The van der Waals surface area contributed by atoms with Gasteiger partial charge in [0.05, 0.1) is 25.2 Å². The van der Waals surface area contributed by atoms with Crippen molar-refractivity contribution in [1.82, 2.24) is 4.90 Å². The Morgan fingerprint density at radius 3 is 2.50 bits per heavy atom. The summed E-state index contributed by atoms with van der Waals surface area (Å²) in [5.41, 5.74) is 8.82. The SMILES string of the molecule is COc1cc(OC)cc(-c2cc(CCCCC(=O)[C@@H](N)c3ccccc3)c(/C=C3\SC(=S)N(C4CC5CCC4C5)C3=O)o2)c1. The maximum absolute atomic E-state index is 13.7. The van der Waals surface area contributed by atoms with E-state index < -0.39 is 6.04 Å². The minimum absolute atomic E-state index is 0.0232. The van der Waals surface area contributed by atoms with Crippen LogP contribution in [0.3, 0.4) is 0 Å². The number of fused-ring (bicyclic) bond motifs is 2. The summed E-state index contributed by atoms with van der Waals surface area (Å²) in [6.07, 6.45) is 9.07. The van der Waals surface area contributed by atoms with Crippen molar-refractivity contribution < 1.29 is 23.5 Å². The molecule has 2 bridgehead atoms. The van der Waals surface area contributed by atoms with Gasteiger partial charge in [0, 0.05) is 30.2 Å². The number of ketones is 1. The lowest BCUT2D eigenvalue weighted by Gasteiger charge is -2.30. The van der Waals surface area contributed by atoms with Crippen molar-refractivity contribution in [2.75, 3.05) is 14.2 Å². The number of hydrogen-bond donors (Lipinski definition) is 1. The van der Waals surface area contributed by atoms with Crippen molar-refractivity contribution in [1.29, 1.82) is 0 Å². The van der Waals surface area contributed by atoms with Gasteiger partial charge in [0.2, 0.25) is 0 Å². The van der Waals surface area contributed by atoms with E-state index in [0.717, 1.165) is 29.5 Å². The van der Waals surface area contributed by atoms with E-state index in [1.54, 1.807) is 14.2 Å². The van der Waals surface area contributed by atoms with Crippen LogP contribution in [0, 0.1) is 11.8 Å². The number of unbranched alkanes of at least 4 members (excludes halogenated alkanes) is 1. The number of benzene rings is 2. The smallest absolute Gasteiger partial charge is 0.266 e. The number of carbonyl (C=O) groups is 2. The third-order valence-electron chi connectivity index (χ3n) is 9.22. The maximum Gasteiger partial charge on any atom is 0.266 e. The number of hydrogen-bond acceptors (Lipinski definition) is 8. The summed E-state index contributed by atoms with van der Waals surface area (Å²) in [6, 6.07) is 16.7. The molecule has 1 aromatic heterocycles. The highest BCUT2D eigenvalue weighted by molar-refractivity contribution is 8.26. The zero-order valence-corrected chi connectivity index (χ0v) is 26.8. The molecule has 7 nitrogen and oxygen atoms in total. The van der Waals surface area contributed by atoms with E-state index in [9.17, 15) is 9.59 Å². The van der Waals surface area contributed by atoms with E-state index in [1.807, 2.05) is 65.6 Å². The van der Waals surface area contributed by atoms with Crippen LogP contribution >= 0.6 is 24.0 Å². The summed E-state index contributed by atoms with van der Waals surface area (Å²) in [7, 11) is 3.22. The summed E-state index contributed by atoms with van der Waals surface area (Å²) < 4.78 is 18.0. The van der Waals surface area contributed by atoms with Crippen LogP contribution in [0.2, 0.25) is 0 Å². The Kier molecular flexibility index (Phi) is 9.26. The van der Waals surface area contributed by atoms with E-state index in [-0.39, 0.29) is 17.7 Å². The van der Waals surface area contributed by atoms with Crippen molar-refractivity contribution in [2.45, 2.75) is 63.5 Å². The second-order valence-electron chi connectivity index (χ2n) is 12.0. The molecule has 3 unspecified atom stereocenters. The Labute approximate surface area is 268 Å². The quantitative estimate of drug-likeness (QED) is 0.126. The topological polar surface area (TPSA) is 95.0 Å². The molecule has 1 aliphatic heterocycles. The monoisotopic (exact) mass is 630 g/mol. The molecule has 1 saturated heterocycles. The highest BCUT2D eigenvalue weighted by Crippen LogP contribution is 2.49. The van der Waals surface area contributed by atoms with Gasteiger partial charge in [-0.3, -0.25) is 14.5 Å². The van der Waals surface area contributed by atoms with Crippen LogP contribution in [0.25, 0.3) is 17.4 Å². The fraction of sp³-hybridized carbons (Fsp3) is 0.400. The van der Waals surface area contributed by atoms with Crippen molar-refractivity contribution in [2.24, 2.45) is 17.6 Å². The minimum atomic E-state index is -0.618. The minimum Gasteiger partial charge on any atom is -0.497 e. The molecule has 4 atom stereocenters. The van der Waals surface area contributed by atoms with Gasteiger partial charge in [-0.25, -0.2) is 0 Å². The molecule has 2 aromatic carbocycles. The predicted molar refractivity (Wildman–Crippen MR) is 177 cm³/mol. The number of aryl methyl sites for hydroxylation is 1. The highest BCUT2D eigenvalue weighted by atomic mass is 32.2. The van der Waals surface area contributed by atoms with Gasteiger partial charge in [-0.05, 0) is 79.7 Å². The second kappa shape index (κ2) is 13.3. The van der Waals surface area contributed by atoms with Crippen molar-refractivity contribution in [3.05, 3.63) is 76.4 Å². The van der Waals surface area contributed by atoms with Gasteiger partial charge in [0.15, 0.2) is 5.78 Å². The van der Waals surface area contributed by atoms with Crippen LogP contribution in [-0.4, -0.2) is 41.2 Å². The third kappa shape index (κ3) is 6.36. The number of nitrogens with two attached hydrogens (primary N) is 1. The molecular weight excluding hydrogens is 593 g/mol. The second-order valence-corrected chi connectivity index (χ2v) is 13.6. The lowest BCUT2D eigenvalue weighted by Crippen LogP contribution is -2.41. The predicted octanol–water partition coefficient (Wildman–Crippen LogP) is 7.34. The Bertz CT molecular complexity index is 1560. The molecule has 3 aliphatic rings. The van der Waals surface area contributed by atoms with Gasteiger partial charge < -0.3 is 19.6 Å². The fourth-order valence-corrected chi connectivity index (χ4v) is 8.22. The lowest BCUT2D eigenvalue weighted by molar-refractivity contribution is -0.124. The molecule has 2 aliphatic carbocycles. The summed E-state index contributed by atoms with van der Waals surface area (Å²) in [5, 5.41) is 0. The number of rotatable bonds is 12. The van der Waals surface area contributed by atoms with Crippen molar-refractivity contribution in [3.63, 3.8) is 0 Å².